The highest BCUT2D eigenvalue weighted by atomic mass is 32.2. The van der Waals surface area contributed by atoms with Gasteiger partial charge < -0.3 is 5.32 Å². The minimum atomic E-state index is -3.35. The van der Waals surface area contributed by atoms with Crippen LogP contribution >= 0.6 is 11.8 Å². The summed E-state index contributed by atoms with van der Waals surface area (Å²) in [5, 5.41) is 2.75. The van der Waals surface area contributed by atoms with E-state index in [-0.39, 0.29) is 18.5 Å². The van der Waals surface area contributed by atoms with Gasteiger partial charge in [-0.05, 0) is 30.4 Å². The van der Waals surface area contributed by atoms with Crippen LogP contribution in [0.5, 0.6) is 0 Å². The van der Waals surface area contributed by atoms with Crippen LogP contribution in [0.25, 0.3) is 0 Å². The van der Waals surface area contributed by atoms with Gasteiger partial charge in [0, 0.05) is 4.90 Å². The van der Waals surface area contributed by atoms with Crippen molar-refractivity contribution in [2.24, 2.45) is 0 Å². The third kappa shape index (κ3) is 6.40. The van der Waals surface area contributed by atoms with E-state index < -0.39 is 10.0 Å². The Morgan fingerprint density at radius 2 is 1.90 bits per heavy atom. The number of amides is 1. The first-order valence-electron chi connectivity index (χ1n) is 6.28. The van der Waals surface area contributed by atoms with Crippen LogP contribution in [0, 0.1) is 0 Å². The second-order valence-electron chi connectivity index (χ2n) is 4.38. The molecule has 0 aromatic heterocycles. The second-order valence-corrected chi connectivity index (χ2v) is 7.55. The van der Waals surface area contributed by atoms with Gasteiger partial charge in [0.05, 0.1) is 18.8 Å². The lowest BCUT2D eigenvalue weighted by atomic mass is 10.1. The number of nitrogens with one attached hydrogen (secondary N) is 2. The van der Waals surface area contributed by atoms with Crippen LogP contribution in [0.3, 0.4) is 0 Å². The molecule has 0 aliphatic rings. The average Bonchev–Trinajstić information content (AvgIpc) is 2.37. The zero-order valence-corrected chi connectivity index (χ0v) is 13.5. The van der Waals surface area contributed by atoms with Crippen LogP contribution < -0.4 is 10.0 Å². The Balaban J connectivity index is 2.53. The Kier molecular flexibility index (Phi) is 6.51. The van der Waals surface area contributed by atoms with Crippen molar-refractivity contribution in [2.45, 2.75) is 24.8 Å². The molecule has 0 aliphatic heterocycles. The zero-order valence-electron chi connectivity index (χ0n) is 11.8. The molecule has 1 amide bonds. The maximum Gasteiger partial charge on any atom is 0.235 e. The normalized spacial score (nSPS) is 12.9. The van der Waals surface area contributed by atoms with Gasteiger partial charge in [0.2, 0.25) is 15.9 Å². The molecule has 1 aromatic rings. The molecule has 112 valence electrons. The number of hydrogen-bond donors (Lipinski definition) is 2. The van der Waals surface area contributed by atoms with E-state index in [1.54, 1.807) is 11.8 Å². The summed E-state index contributed by atoms with van der Waals surface area (Å²) in [6.45, 7) is 3.71. The van der Waals surface area contributed by atoms with E-state index in [4.69, 9.17) is 0 Å². The van der Waals surface area contributed by atoms with Gasteiger partial charge in [-0.2, -0.15) is 0 Å². The standard InChI is InChI=1S/C13H20N2O3S2/c1-4-19-12-7-5-11(6-8-12)10(2)15-13(16)9-14-20(3,17)18/h5-8,10,14H,4,9H2,1-3H3,(H,15,16). The Morgan fingerprint density at radius 1 is 1.30 bits per heavy atom. The van der Waals surface area contributed by atoms with Crippen LogP contribution in [0.15, 0.2) is 29.2 Å². The molecule has 0 saturated heterocycles. The van der Waals surface area contributed by atoms with E-state index >= 15 is 0 Å². The lowest BCUT2D eigenvalue weighted by molar-refractivity contribution is -0.120. The van der Waals surface area contributed by atoms with Crippen LogP contribution in [0.2, 0.25) is 0 Å². The van der Waals surface area contributed by atoms with Crippen molar-refractivity contribution in [3.05, 3.63) is 29.8 Å². The van der Waals surface area contributed by atoms with E-state index in [1.165, 1.54) is 4.90 Å². The minimum Gasteiger partial charge on any atom is -0.348 e. The van der Waals surface area contributed by atoms with Crippen molar-refractivity contribution >= 4 is 27.7 Å². The first kappa shape index (κ1) is 17.0. The average molecular weight is 316 g/mol. The topological polar surface area (TPSA) is 75.3 Å². The fourth-order valence-electron chi connectivity index (χ4n) is 1.59. The van der Waals surface area contributed by atoms with Crippen LogP contribution in [0.1, 0.15) is 25.5 Å². The van der Waals surface area contributed by atoms with Gasteiger partial charge in [-0.15, -0.1) is 11.8 Å². The summed E-state index contributed by atoms with van der Waals surface area (Å²) in [7, 11) is -3.35. The molecular weight excluding hydrogens is 296 g/mol. The van der Waals surface area contributed by atoms with Crippen molar-refractivity contribution in [3.63, 3.8) is 0 Å². The van der Waals surface area contributed by atoms with E-state index in [0.29, 0.717) is 0 Å². The number of rotatable bonds is 7. The molecule has 0 bridgehead atoms. The largest absolute Gasteiger partial charge is 0.348 e. The summed E-state index contributed by atoms with van der Waals surface area (Å²) in [6.07, 6.45) is 1.02. The van der Waals surface area contributed by atoms with E-state index in [2.05, 4.69) is 17.0 Å². The molecule has 20 heavy (non-hydrogen) atoms. The number of carbonyl (C=O) groups is 1. The minimum absolute atomic E-state index is 0.162. The number of benzene rings is 1. The molecule has 1 atom stereocenters. The Hall–Kier alpha value is -1.05. The summed E-state index contributed by atoms with van der Waals surface area (Å²) >= 11 is 1.76. The van der Waals surface area contributed by atoms with Crippen LogP contribution in [-0.4, -0.2) is 32.9 Å². The highest BCUT2D eigenvalue weighted by Gasteiger charge is 2.11. The van der Waals surface area contributed by atoms with Crippen molar-refractivity contribution in [2.75, 3.05) is 18.6 Å². The third-order valence-corrected chi connectivity index (χ3v) is 4.13. The van der Waals surface area contributed by atoms with Gasteiger partial charge in [-0.25, -0.2) is 13.1 Å². The third-order valence-electron chi connectivity index (χ3n) is 2.56. The molecule has 0 aliphatic carbocycles. The van der Waals surface area contributed by atoms with Crippen molar-refractivity contribution in [1.29, 1.82) is 0 Å². The van der Waals surface area contributed by atoms with Gasteiger partial charge >= 0.3 is 0 Å². The molecule has 1 aromatic carbocycles. The Labute approximate surface area is 124 Å². The molecule has 0 fully saturated rings. The summed E-state index contributed by atoms with van der Waals surface area (Å²) in [5.74, 6) is 0.665. The van der Waals surface area contributed by atoms with E-state index in [9.17, 15) is 13.2 Å². The predicted molar refractivity (Wildman–Crippen MR) is 82.2 cm³/mol. The molecule has 0 heterocycles. The second kappa shape index (κ2) is 7.66. The maximum absolute atomic E-state index is 11.6. The highest BCUT2D eigenvalue weighted by molar-refractivity contribution is 7.99. The summed E-state index contributed by atoms with van der Waals surface area (Å²) in [4.78, 5) is 12.8. The van der Waals surface area contributed by atoms with Crippen LogP contribution in [-0.2, 0) is 14.8 Å². The fourth-order valence-corrected chi connectivity index (χ4v) is 2.65. The van der Waals surface area contributed by atoms with Crippen molar-refractivity contribution < 1.29 is 13.2 Å². The fraction of sp³-hybridized carbons (Fsp3) is 0.462. The Bertz CT molecular complexity index is 541. The highest BCUT2D eigenvalue weighted by Crippen LogP contribution is 2.20. The summed E-state index contributed by atoms with van der Waals surface area (Å²) in [5.41, 5.74) is 0.984. The smallest absolute Gasteiger partial charge is 0.235 e. The van der Waals surface area contributed by atoms with Gasteiger partial charge in [-0.1, -0.05) is 19.1 Å². The first-order valence-corrected chi connectivity index (χ1v) is 9.16. The number of thioether (sulfide) groups is 1. The Morgan fingerprint density at radius 3 is 2.40 bits per heavy atom. The maximum atomic E-state index is 11.6. The lowest BCUT2D eigenvalue weighted by Gasteiger charge is -2.15. The molecule has 2 N–H and O–H groups in total. The van der Waals surface area contributed by atoms with Crippen molar-refractivity contribution in [1.82, 2.24) is 10.0 Å². The molecule has 7 heteroatoms. The molecule has 0 spiro atoms. The van der Waals surface area contributed by atoms with E-state index in [0.717, 1.165) is 17.6 Å². The first-order chi connectivity index (χ1) is 9.31. The van der Waals surface area contributed by atoms with E-state index in [1.807, 2.05) is 31.2 Å². The van der Waals surface area contributed by atoms with Gasteiger partial charge in [0.15, 0.2) is 0 Å². The molecular formula is C13H20N2O3S2. The summed E-state index contributed by atoms with van der Waals surface area (Å²) < 4.78 is 24.0. The number of hydrogen-bond acceptors (Lipinski definition) is 4. The number of carbonyl (C=O) groups excluding carboxylic acids is 1. The molecule has 0 radical (unpaired) electrons. The van der Waals surface area contributed by atoms with Gasteiger partial charge in [0.1, 0.15) is 0 Å². The monoisotopic (exact) mass is 316 g/mol. The number of sulfonamides is 1. The zero-order chi connectivity index (χ0) is 15.2. The molecule has 1 unspecified atom stereocenters. The van der Waals surface area contributed by atoms with Crippen molar-refractivity contribution in [3.8, 4) is 0 Å². The SMILES string of the molecule is CCSc1ccc(C(C)NC(=O)CNS(C)(=O)=O)cc1. The molecule has 0 saturated carbocycles. The lowest BCUT2D eigenvalue weighted by Crippen LogP contribution is -2.37. The van der Waals surface area contributed by atoms with Gasteiger partial charge in [-0.3, -0.25) is 4.79 Å². The van der Waals surface area contributed by atoms with Crippen LogP contribution in [0.4, 0.5) is 0 Å². The quantitative estimate of drug-likeness (QED) is 0.748. The van der Waals surface area contributed by atoms with Gasteiger partial charge in [0.25, 0.3) is 0 Å². The molecule has 5 nitrogen and oxygen atoms in total. The summed E-state index contributed by atoms with van der Waals surface area (Å²) in [6, 6.07) is 7.80. The predicted octanol–water partition coefficient (Wildman–Crippen LogP) is 1.52. The molecule has 1 rings (SSSR count).